The van der Waals surface area contributed by atoms with Crippen LogP contribution in [0.3, 0.4) is 0 Å². The first kappa shape index (κ1) is 13.8. The highest BCUT2D eigenvalue weighted by Gasteiger charge is 2.34. The van der Waals surface area contributed by atoms with Gasteiger partial charge in [0.1, 0.15) is 5.75 Å². The van der Waals surface area contributed by atoms with Gasteiger partial charge in [-0.2, -0.15) is 22.0 Å². The summed E-state index contributed by atoms with van der Waals surface area (Å²) in [6.07, 6.45) is -4.67. The van der Waals surface area contributed by atoms with Crippen LogP contribution in [0.15, 0.2) is 12.1 Å². The molecule has 0 aliphatic heterocycles. The Labute approximate surface area is 106 Å². The van der Waals surface area contributed by atoms with Crippen molar-refractivity contribution in [1.29, 1.82) is 0 Å². The van der Waals surface area contributed by atoms with Crippen molar-refractivity contribution in [2.45, 2.75) is 12.8 Å². The summed E-state index contributed by atoms with van der Waals surface area (Å²) in [6, 6.07) is 1.39. The highest BCUT2D eigenvalue weighted by Crippen LogP contribution is 2.38. The molecule has 1 nitrogen and oxygen atoms in total. The SMILES string of the molecule is FC(F)Oc1cc(Cl)c(I)c(C(F)(F)F)c1. The molecule has 0 atom stereocenters. The van der Waals surface area contributed by atoms with E-state index in [1.807, 2.05) is 0 Å². The molecule has 0 bridgehead atoms. The van der Waals surface area contributed by atoms with Gasteiger partial charge in [-0.3, -0.25) is 0 Å². The quantitative estimate of drug-likeness (QED) is 0.546. The molecule has 0 aromatic heterocycles. The Morgan fingerprint density at radius 1 is 1.25 bits per heavy atom. The van der Waals surface area contributed by atoms with Crippen LogP contribution in [0.25, 0.3) is 0 Å². The van der Waals surface area contributed by atoms with E-state index in [1.165, 1.54) is 22.6 Å². The van der Waals surface area contributed by atoms with E-state index in [2.05, 4.69) is 4.74 Å². The first-order chi connectivity index (χ1) is 7.21. The second kappa shape index (κ2) is 4.91. The monoisotopic (exact) mass is 372 g/mol. The molecule has 0 spiro atoms. The number of benzene rings is 1. The molecule has 0 fully saturated rings. The average molecular weight is 372 g/mol. The predicted molar refractivity (Wildman–Crippen MR) is 55.8 cm³/mol. The Morgan fingerprint density at radius 3 is 2.25 bits per heavy atom. The van der Waals surface area contributed by atoms with Crippen molar-refractivity contribution in [3.05, 3.63) is 26.3 Å². The van der Waals surface area contributed by atoms with Gasteiger partial charge in [0, 0.05) is 9.64 Å². The molecule has 0 aliphatic carbocycles. The van der Waals surface area contributed by atoms with Gasteiger partial charge in [-0.15, -0.1) is 0 Å². The van der Waals surface area contributed by atoms with E-state index in [1.54, 1.807) is 0 Å². The number of ether oxygens (including phenoxy) is 1. The summed E-state index contributed by atoms with van der Waals surface area (Å²) in [6.45, 7) is -3.20. The van der Waals surface area contributed by atoms with Crippen molar-refractivity contribution in [1.82, 2.24) is 0 Å². The standard InChI is InChI=1S/C8H3ClF5IO/c9-5-2-3(16-7(10)11)1-4(6(5)15)8(12,13)14/h1-2,7H. The normalized spacial score (nSPS) is 12.0. The summed E-state index contributed by atoms with van der Waals surface area (Å²) in [4.78, 5) is 0. The van der Waals surface area contributed by atoms with Gasteiger partial charge in [0.15, 0.2) is 0 Å². The molecular weight excluding hydrogens is 369 g/mol. The van der Waals surface area contributed by atoms with Gasteiger partial charge in [-0.1, -0.05) is 11.6 Å². The smallest absolute Gasteiger partial charge is 0.417 e. The van der Waals surface area contributed by atoms with Crippen LogP contribution in [0, 0.1) is 3.57 Å². The molecule has 0 aliphatic rings. The lowest BCUT2D eigenvalue weighted by molar-refractivity contribution is -0.138. The number of alkyl halides is 5. The third kappa shape index (κ3) is 3.34. The molecule has 1 rings (SSSR count). The molecule has 0 amide bonds. The summed E-state index contributed by atoms with van der Waals surface area (Å²) in [5, 5.41) is -0.286. The fraction of sp³-hybridized carbons (Fsp3) is 0.250. The van der Waals surface area contributed by atoms with Crippen molar-refractivity contribution < 1.29 is 26.7 Å². The van der Waals surface area contributed by atoms with Crippen molar-refractivity contribution in [3.8, 4) is 5.75 Å². The second-order valence-electron chi connectivity index (χ2n) is 2.64. The van der Waals surface area contributed by atoms with Crippen LogP contribution >= 0.6 is 34.2 Å². The molecule has 0 N–H and O–H groups in total. The van der Waals surface area contributed by atoms with E-state index in [0.29, 0.717) is 6.07 Å². The topological polar surface area (TPSA) is 9.23 Å². The van der Waals surface area contributed by atoms with Crippen molar-refractivity contribution in [2.75, 3.05) is 0 Å². The molecule has 90 valence electrons. The van der Waals surface area contributed by atoms with E-state index < -0.39 is 24.1 Å². The number of hydrogen-bond acceptors (Lipinski definition) is 1. The van der Waals surface area contributed by atoms with Crippen LogP contribution in [0.4, 0.5) is 22.0 Å². The Kier molecular flexibility index (Phi) is 4.22. The minimum absolute atomic E-state index is 0.256. The van der Waals surface area contributed by atoms with Gasteiger partial charge in [0.05, 0.1) is 10.6 Å². The third-order valence-corrected chi connectivity index (χ3v) is 3.31. The zero-order chi connectivity index (χ0) is 12.5. The first-order valence-electron chi connectivity index (χ1n) is 3.73. The van der Waals surface area contributed by atoms with Crippen molar-refractivity contribution in [2.24, 2.45) is 0 Å². The van der Waals surface area contributed by atoms with Gasteiger partial charge in [0.2, 0.25) is 0 Å². The Morgan fingerprint density at radius 2 is 1.81 bits per heavy atom. The van der Waals surface area contributed by atoms with Gasteiger partial charge in [-0.05, 0) is 28.7 Å². The molecular formula is C8H3ClF5IO. The summed E-state index contributed by atoms with van der Waals surface area (Å²) in [5.41, 5.74) is -1.10. The first-order valence-corrected chi connectivity index (χ1v) is 5.18. The number of hydrogen-bond donors (Lipinski definition) is 0. The molecule has 0 radical (unpaired) electrons. The van der Waals surface area contributed by atoms with E-state index in [-0.39, 0.29) is 8.59 Å². The molecule has 16 heavy (non-hydrogen) atoms. The van der Waals surface area contributed by atoms with Crippen LogP contribution < -0.4 is 4.74 Å². The summed E-state index contributed by atoms with van der Waals surface area (Å²) in [5.74, 6) is -0.618. The minimum Gasteiger partial charge on any atom is -0.435 e. The van der Waals surface area contributed by atoms with Gasteiger partial charge in [-0.25, -0.2) is 0 Å². The fourth-order valence-electron chi connectivity index (χ4n) is 0.941. The van der Waals surface area contributed by atoms with Gasteiger partial charge >= 0.3 is 12.8 Å². The van der Waals surface area contributed by atoms with Crippen molar-refractivity contribution >= 4 is 34.2 Å². The minimum atomic E-state index is -4.67. The van der Waals surface area contributed by atoms with E-state index >= 15 is 0 Å². The van der Waals surface area contributed by atoms with E-state index in [9.17, 15) is 22.0 Å². The van der Waals surface area contributed by atoms with Gasteiger partial charge in [0.25, 0.3) is 0 Å². The Balaban J connectivity index is 3.23. The molecule has 8 heteroatoms. The fourth-order valence-corrected chi connectivity index (χ4v) is 1.77. The lowest BCUT2D eigenvalue weighted by Gasteiger charge is -2.13. The lowest BCUT2D eigenvalue weighted by Crippen LogP contribution is -2.10. The summed E-state index contributed by atoms with van der Waals surface area (Å²) < 4.78 is 64.6. The van der Waals surface area contributed by atoms with E-state index in [0.717, 1.165) is 6.07 Å². The van der Waals surface area contributed by atoms with Crippen LogP contribution in [0.5, 0.6) is 5.75 Å². The summed E-state index contributed by atoms with van der Waals surface area (Å²) >= 11 is 6.86. The largest absolute Gasteiger partial charge is 0.435 e. The average Bonchev–Trinajstić information content (AvgIpc) is 2.08. The summed E-state index contributed by atoms with van der Waals surface area (Å²) in [7, 11) is 0. The molecule has 1 aromatic carbocycles. The van der Waals surface area contributed by atoms with E-state index in [4.69, 9.17) is 11.6 Å². The Bertz CT molecular complexity index is 393. The molecule has 0 saturated heterocycles. The number of halogens is 7. The maximum atomic E-state index is 12.4. The van der Waals surface area contributed by atoms with Crippen molar-refractivity contribution in [3.63, 3.8) is 0 Å². The molecule has 0 saturated carbocycles. The highest BCUT2D eigenvalue weighted by atomic mass is 127. The molecule has 0 heterocycles. The zero-order valence-electron chi connectivity index (χ0n) is 7.29. The number of rotatable bonds is 2. The zero-order valence-corrected chi connectivity index (χ0v) is 10.2. The second-order valence-corrected chi connectivity index (χ2v) is 4.13. The maximum absolute atomic E-state index is 12.4. The molecule has 0 unspecified atom stereocenters. The van der Waals surface area contributed by atoms with Crippen LogP contribution in [-0.4, -0.2) is 6.61 Å². The lowest BCUT2D eigenvalue weighted by atomic mass is 10.2. The van der Waals surface area contributed by atoms with Crippen LogP contribution in [0.2, 0.25) is 5.02 Å². The van der Waals surface area contributed by atoms with Gasteiger partial charge < -0.3 is 4.74 Å². The maximum Gasteiger partial charge on any atom is 0.417 e. The Hall–Kier alpha value is -0.310. The highest BCUT2D eigenvalue weighted by molar-refractivity contribution is 14.1. The molecule has 1 aromatic rings. The predicted octanol–water partition coefficient (Wildman–Crippen LogP) is 4.56. The third-order valence-electron chi connectivity index (χ3n) is 1.53. The van der Waals surface area contributed by atoms with Crippen LogP contribution in [-0.2, 0) is 6.18 Å². The van der Waals surface area contributed by atoms with Crippen LogP contribution in [0.1, 0.15) is 5.56 Å².